The maximum absolute atomic E-state index is 12.0. The maximum Gasteiger partial charge on any atom is 0.166 e. The summed E-state index contributed by atoms with van der Waals surface area (Å²) in [4.78, 5) is 12.0. The van der Waals surface area contributed by atoms with Crippen LogP contribution < -0.4 is 4.74 Å². The van der Waals surface area contributed by atoms with Crippen molar-refractivity contribution in [1.29, 1.82) is 0 Å². The second kappa shape index (κ2) is 7.07. The molecule has 0 heterocycles. The number of carbonyl (C=O) groups is 1. The van der Waals surface area contributed by atoms with Crippen LogP contribution in [0.3, 0.4) is 0 Å². The van der Waals surface area contributed by atoms with Crippen LogP contribution >= 0.6 is 0 Å². The van der Waals surface area contributed by atoms with Gasteiger partial charge in [-0.3, -0.25) is 4.79 Å². The zero-order valence-corrected chi connectivity index (χ0v) is 12.9. The Hall–Kier alpha value is -2.09. The van der Waals surface area contributed by atoms with E-state index >= 15 is 0 Å². The van der Waals surface area contributed by atoms with Gasteiger partial charge in [0.25, 0.3) is 0 Å². The van der Waals surface area contributed by atoms with Crippen LogP contribution in [0, 0.1) is 6.92 Å². The van der Waals surface area contributed by atoms with Crippen LogP contribution in [0.25, 0.3) is 0 Å². The van der Waals surface area contributed by atoms with E-state index in [0.717, 1.165) is 11.3 Å². The average Bonchev–Trinajstić information content (AvgIpc) is 2.47. The normalized spacial score (nSPS) is 10.7. The highest BCUT2D eigenvalue weighted by Crippen LogP contribution is 2.23. The monoisotopic (exact) mass is 282 g/mol. The molecule has 2 rings (SSSR count). The molecule has 0 atom stereocenters. The van der Waals surface area contributed by atoms with Crippen LogP contribution in [0.2, 0.25) is 0 Å². The molecule has 2 nitrogen and oxygen atoms in total. The third kappa shape index (κ3) is 4.19. The first kappa shape index (κ1) is 15.3. The van der Waals surface area contributed by atoms with Crippen LogP contribution in [0.4, 0.5) is 0 Å². The molecule has 110 valence electrons. The first-order valence-electron chi connectivity index (χ1n) is 7.39. The molecule has 0 aliphatic rings. The van der Waals surface area contributed by atoms with E-state index in [4.69, 9.17) is 4.74 Å². The summed E-state index contributed by atoms with van der Waals surface area (Å²) in [6.07, 6.45) is 0.398. The molecule has 0 unspecified atom stereocenters. The summed E-state index contributed by atoms with van der Waals surface area (Å²) < 4.78 is 5.69. The highest BCUT2D eigenvalue weighted by Gasteiger charge is 2.07. The van der Waals surface area contributed by atoms with Gasteiger partial charge in [-0.1, -0.05) is 50.2 Å². The summed E-state index contributed by atoms with van der Waals surface area (Å²) in [6.45, 7) is 6.87. The Bertz CT molecular complexity index is 600. The maximum atomic E-state index is 12.0. The van der Waals surface area contributed by atoms with Crippen LogP contribution in [0.15, 0.2) is 48.5 Å². The van der Waals surface area contributed by atoms with Gasteiger partial charge in [-0.05, 0) is 36.1 Å². The van der Waals surface area contributed by atoms with Crippen molar-refractivity contribution in [2.75, 3.05) is 6.61 Å². The molecular formula is C19H22O2. The van der Waals surface area contributed by atoms with Crippen molar-refractivity contribution >= 4 is 5.78 Å². The first-order chi connectivity index (χ1) is 10.1. The van der Waals surface area contributed by atoms with Crippen LogP contribution in [-0.2, 0) is 0 Å². The molecule has 0 fully saturated rings. The molecule has 0 aromatic heterocycles. The Labute approximate surface area is 126 Å². The van der Waals surface area contributed by atoms with E-state index in [1.54, 1.807) is 0 Å². The zero-order chi connectivity index (χ0) is 15.2. The molecule has 0 saturated heterocycles. The molecular weight excluding hydrogens is 260 g/mol. The standard InChI is InChI=1S/C19H22O2/c1-14(2)18-10-9-17(13-15(18)3)21-12-11-19(20)16-7-5-4-6-8-16/h4-10,13-14H,11-12H2,1-3H3. The lowest BCUT2D eigenvalue weighted by atomic mass is 9.98. The Balaban J connectivity index is 1.89. The molecule has 0 radical (unpaired) electrons. The summed E-state index contributed by atoms with van der Waals surface area (Å²) >= 11 is 0. The van der Waals surface area contributed by atoms with E-state index in [0.29, 0.717) is 18.9 Å². The predicted octanol–water partition coefficient (Wildman–Crippen LogP) is 4.77. The van der Waals surface area contributed by atoms with Crippen LogP contribution in [-0.4, -0.2) is 12.4 Å². The lowest BCUT2D eigenvalue weighted by molar-refractivity contribution is 0.0962. The van der Waals surface area contributed by atoms with Gasteiger partial charge >= 0.3 is 0 Å². The average molecular weight is 282 g/mol. The lowest BCUT2D eigenvalue weighted by Crippen LogP contribution is -2.07. The summed E-state index contributed by atoms with van der Waals surface area (Å²) in [5, 5.41) is 0. The Morgan fingerprint density at radius 2 is 1.81 bits per heavy atom. The number of aryl methyl sites for hydroxylation is 1. The number of Topliss-reactive ketones (excluding diaryl/α,β-unsaturated/α-hetero) is 1. The summed E-state index contributed by atoms with van der Waals surface area (Å²) in [6, 6.07) is 15.5. The van der Waals surface area contributed by atoms with Crippen LogP contribution in [0.5, 0.6) is 5.75 Å². The van der Waals surface area contributed by atoms with Crippen molar-refractivity contribution in [2.45, 2.75) is 33.1 Å². The van der Waals surface area contributed by atoms with Gasteiger partial charge in [0.2, 0.25) is 0 Å². The Morgan fingerprint density at radius 3 is 2.43 bits per heavy atom. The van der Waals surface area contributed by atoms with Crippen molar-refractivity contribution in [3.8, 4) is 5.75 Å². The van der Waals surface area contributed by atoms with Gasteiger partial charge in [-0.2, -0.15) is 0 Å². The molecule has 2 aromatic carbocycles. The molecule has 0 N–H and O–H groups in total. The fourth-order valence-electron chi connectivity index (χ4n) is 2.42. The molecule has 2 aromatic rings. The minimum absolute atomic E-state index is 0.117. The highest BCUT2D eigenvalue weighted by molar-refractivity contribution is 5.96. The number of ether oxygens (including phenoxy) is 1. The summed E-state index contributed by atoms with van der Waals surface area (Å²) in [5.74, 6) is 1.46. The van der Waals surface area contributed by atoms with E-state index < -0.39 is 0 Å². The fraction of sp³-hybridized carbons (Fsp3) is 0.316. The van der Waals surface area contributed by atoms with Crippen LogP contribution in [0.1, 0.15) is 47.7 Å². The van der Waals surface area contributed by atoms with Gasteiger partial charge in [0.15, 0.2) is 5.78 Å². The van der Waals surface area contributed by atoms with Crippen molar-refractivity contribution < 1.29 is 9.53 Å². The molecule has 21 heavy (non-hydrogen) atoms. The molecule has 2 heteroatoms. The minimum Gasteiger partial charge on any atom is -0.493 e. The SMILES string of the molecule is Cc1cc(OCCC(=O)c2ccccc2)ccc1C(C)C. The highest BCUT2D eigenvalue weighted by atomic mass is 16.5. The Morgan fingerprint density at radius 1 is 1.10 bits per heavy atom. The van der Waals surface area contributed by atoms with Crippen molar-refractivity contribution in [1.82, 2.24) is 0 Å². The number of benzene rings is 2. The van der Waals surface area contributed by atoms with Gasteiger partial charge in [-0.25, -0.2) is 0 Å². The van der Waals surface area contributed by atoms with Crippen molar-refractivity contribution in [3.05, 3.63) is 65.2 Å². The third-order valence-electron chi connectivity index (χ3n) is 3.56. The first-order valence-corrected chi connectivity index (χ1v) is 7.39. The van der Waals surface area contributed by atoms with Gasteiger partial charge in [-0.15, -0.1) is 0 Å². The van der Waals surface area contributed by atoms with E-state index in [2.05, 4.69) is 26.8 Å². The smallest absolute Gasteiger partial charge is 0.166 e. The molecule has 0 amide bonds. The molecule has 0 aliphatic carbocycles. The minimum atomic E-state index is 0.117. The second-order valence-electron chi connectivity index (χ2n) is 5.56. The van der Waals surface area contributed by atoms with Gasteiger partial charge in [0.05, 0.1) is 6.61 Å². The van der Waals surface area contributed by atoms with Gasteiger partial charge in [0, 0.05) is 12.0 Å². The van der Waals surface area contributed by atoms with E-state index in [1.807, 2.05) is 42.5 Å². The lowest BCUT2D eigenvalue weighted by Gasteiger charge is -2.12. The van der Waals surface area contributed by atoms with E-state index in [-0.39, 0.29) is 5.78 Å². The molecule has 0 bridgehead atoms. The molecule has 0 saturated carbocycles. The summed E-state index contributed by atoms with van der Waals surface area (Å²) in [5.41, 5.74) is 3.31. The number of rotatable bonds is 6. The number of hydrogen-bond acceptors (Lipinski definition) is 2. The van der Waals surface area contributed by atoms with Gasteiger partial charge < -0.3 is 4.74 Å². The van der Waals surface area contributed by atoms with Crippen molar-refractivity contribution in [2.24, 2.45) is 0 Å². The predicted molar refractivity (Wildman–Crippen MR) is 86.2 cm³/mol. The number of hydrogen-bond donors (Lipinski definition) is 0. The zero-order valence-electron chi connectivity index (χ0n) is 12.9. The van der Waals surface area contributed by atoms with Gasteiger partial charge in [0.1, 0.15) is 5.75 Å². The topological polar surface area (TPSA) is 26.3 Å². The number of ketones is 1. The second-order valence-corrected chi connectivity index (χ2v) is 5.56. The molecule has 0 aliphatic heterocycles. The molecule has 0 spiro atoms. The van der Waals surface area contributed by atoms with E-state index in [1.165, 1.54) is 11.1 Å². The third-order valence-corrected chi connectivity index (χ3v) is 3.56. The number of carbonyl (C=O) groups excluding carboxylic acids is 1. The Kier molecular flexibility index (Phi) is 5.15. The quantitative estimate of drug-likeness (QED) is 0.713. The van der Waals surface area contributed by atoms with Crippen molar-refractivity contribution in [3.63, 3.8) is 0 Å². The fourth-order valence-corrected chi connectivity index (χ4v) is 2.42. The summed E-state index contributed by atoms with van der Waals surface area (Å²) in [7, 11) is 0. The largest absolute Gasteiger partial charge is 0.493 e. The van der Waals surface area contributed by atoms with E-state index in [9.17, 15) is 4.79 Å².